The maximum atomic E-state index is 13.9. The summed E-state index contributed by atoms with van der Waals surface area (Å²) < 4.78 is 51.5. The summed E-state index contributed by atoms with van der Waals surface area (Å²) in [5.41, 5.74) is -2.10. The van der Waals surface area contributed by atoms with E-state index in [1.165, 1.54) is 43.5 Å². The van der Waals surface area contributed by atoms with Crippen LogP contribution in [0.4, 0.5) is 13.2 Å². The molecule has 0 radical (unpaired) electrons. The summed E-state index contributed by atoms with van der Waals surface area (Å²) in [5, 5.41) is 2.28. The van der Waals surface area contributed by atoms with Gasteiger partial charge in [0.2, 0.25) is 11.5 Å². The van der Waals surface area contributed by atoms with Crippen LogP contribution in [0, 0.1) is 0 Å². The van der Waals surface area contributed by atoms with Crippen molar-refractivity contribution in [3.63, 3.8) is 0 Å². The first-order chi connectivity index (χ1) is 12.8. The van der Waals surface area contributed by atoms with Crippen molar-refractivity contribution in [1.82, 2.24) is 5.32 Å². The standard InChI is InChI=1S/C20H20F3NO3/c1-26-17-10-6-9-16(13-17)19(27-2,20(21,22)23)14-24-18(25)12-11-15-7-4-3-5-8-15/h3-13H,14H2,1-2H3,(H,24,25). The summed E-state index contributed by atoms with van der Waals surface area (Å²) in [6, 6.07) is 14.4. The van der Waals surface area contributed by atoms with Crippen LogP contribution in [0.1, 0.15) is 11.1 Å². The SMILES string of the molecule is COc1cccc(C(CNC(=O)C=Cc2ccccc2)(OC)C(F)(F)F)c1. The van der Waals surface area contributed by atoms with Gasteiger partial charge in [-0.25, -0.2) is 0 Å². The Labute approximate surface area is 155 Å². The molecule has 1 amide bonds. The lowest BCUT2D eigenvalue weighted by atomic mass is 9.92. The van der Waals surface area contributed by atoms with Crippen molar-refractivity contribution in [2.75, 3.05) is 20.8 Å². The highest BCUT2D eigenvalue weighted by Crippen LogP contribution is 2.42. The summed E-state index contributed by atoms with van der Waals surface area (Å²) in [4.78, 5) is 12.0. The number of hydrogen-bond donors (Lipinski definition) is 1. The van der Waals surface area contributed by atoms with Crippen LogP contribution < -0.4 is 10.1 Å². The summed E-state index contributed by atoms with van der Waals surface area (Å²) in [6.07, 6.45) is -2.06. The van der Waals surface area contributed by atoms with Gasteiger partial charge in [-0.2, -0.15) is 13.2 Å². The van der Waals surface area contributed by atoms with Crippen molar-refractivity contribution in [2.24, 2.45) is 0 Å². The number of halogens is 3. The normalized spacial score (nSPS) is 14.0. The molecule has 0 saturated heterocycles. The van der Waals surface area contributed by atoms with E-state index in [1.807, 2.05) is 6.07 Å². The molecular formula is C20H20F3NO3. The number of rotatable bonds is 7. The number of benzene rings is 2. The van der Waals surface area contributed by atoms with E-state index in [4.69, 9.17) is 9.47 Å². The highest BCUT2D eigenvalue weighted by molar-refractivity contribution is 5.91. The molecule has 0 bridgehead atoms. The van der Waals surface area contributed by atoms with Crippen molar-refractivity contribution in [2.45, 2.75) is 11.8 Å². The summed E-state index contributed by atoms with van der Waals surface area (Å²) in [5.74, 6) is -0.402. The van der Waals surface area contributed by atoms with E-state index in [-0.39, 0.29) is 11.3 Å². The number of carbonyl (C=O) groups excluding carboxylic acids is 1. The number of amides is 1. The molecule has 144 valence electrons. The Morgan fingerprint density at radius 1 is 1.07 bits per heavy atom. The molecule has 2 rings (SSSR count). The summed E-state index contributed by atoms with van der Waals surface area (Å²) >= 11 is 0. The zero-order chi connectivity index (χ0) is 19.9. The highest BCUT2D eigenvalue weighted by atomic mass is 19.4. The van der Waals surface area contributed by atoms with Crippen LogP contribution in [0.3, 0.4) is 0 Å². The first kappa shape index (κ1) is 20.5. The zero-order valence-electron chi connectivity index (χ0n) is 14.9. The maximum absolute atomic E-state index is 13.9. The number of nitrogens with one attached hydrogen (secondary N) is 1. The molecule has 7 heteroatoms. The van der Waals surface area contributed by atoms with E-state index in [0.29, 0.717) is 0 Å². The maximum Gasteiger partial charge on any atom is 0.423 e. The predicted molar refractivity (Wildman–Crippen MR) is 96.2 cm³/mol. The smallest absolute Gasteiger partial charge is 0.423 e. The van der Waals surface area contributed by atoms with E-state index >= 15 is 0 Å². The summed E-state index contributed by atoms with van der Waals surface area (Å²) in [7, 11) is 2.32. The second-order valence-electron chi connectivity index (χ2n) is 5.72. The van der Waals surface area contributed by atoms with Gasteiger partial charge in [0.05, 0.1) is 13.7 Å². The molecule has 27 heavy (non-hydrogen) atoms. The molecule has 4 nitrogen and oxygen atoms in total. The first-order valence-corrected chi connectivity index (χ1v) is 8.10. The van der Waals surface area contributed by atoms with Crippen LogP contribution in [-0.2, 0) is 15.1 Å². The van der Waals surface area contributed by atoms with Crippen molar-refractivity contribution < 1.29 is 27.4 Å². The molecule has 0 saturated carbocycles. The van der Waals surface area contributed by atoms with E-state index < -0.39 is 24.2 Å². The Hall–Kier alpha value is -2.80. The van der Waals surface area contributed by atoms with Crippen LogP contribution in [0.2, 0.25) is 0 Å². The number of carbonyl (C=O) groups is 1. The molecule has 0 heterocycles. The summed E-state index contributed by atoms with van der Waals surface area (Å²) in [6.45, 7) is -0.780. The van der Waals surface area contributed by atoms with Gasteiger partial charge in [0, 0.05) is 13.2 Å². The largest absolute Gasteiger partial charge is 0.497 e. The molecule has 0 spiro atoms. The van der Waals surface area contributed by atoms with Gasteiger partial charge in [-0.1, -0.05) is 42.5 Å². The zero-order valence-corrected chi connectivity index (χ0v) is 14.9. The molecule has 0 aliphatic carbocycles. The van der Waals surface area contributed by atoms with Crippen LogP contribution >= 0.6 is 0 Å². The molecular weight excluding hydrogens is 359 g/mol. The first-order valence-electron chi connectivity index (χ1n) is 8.10. The fourth-order valence-electron chi connectivity index (χ4n) is 2.55. The second kappa shape index (κ2) is 8.73. The van der Waals surface area contributed by atoms with E-state index in [2.05, 4.69) is 5.32 Å². The fraction of sp³-hybridized carbons (Fsp3) is 0.250. The average Bonchev–Trinajstić information content (AvgIpc) is 2.67. The molecule has 0 aliphatic heterocycles. The van der Waals surface area contributed by atoms with Gasteiger partial charge in [0.25, 0.3) is 0 Å². The average molecular weight is 379 g/mol. The van der Waals surface area contributed by atoms with Crippen LogP contribution in [0.25, 0.3) is 6.08 Å². The molecule has 2 aromatic rings. The minimum atomic E-state index is -4.76. The second-order valence-corrected chi connectivity index (χ2v) is 5.72. The Kier molecular flexibility index (Phi) is 6.63. The molecule has 1 unspecified atom stereocenters. The molecule has 0 aliphatic rings. The quantitative estimate of drug-likeness (QED) is 0.742. The van der Waals surface area contributed by atoms with Gasteiger partial charge >= 0.3 is 6.18 Å². The molecule has 0 aromatic heterocycles. The predicted octanol–water partition coefficient (Wildman–Crippen LogP) is 3.93. The van der Waals surface area contributed by atoms with Crippen molar-refractivity contribution in [1.29, 1.82) is 0 Å². The van der Waals surface area contributed by atoms with Gasteiger partial charge in [-0.05, 0) is 29.3 Å². The van der Waals surface area contributed by atoms with Crippen molar-refractivity contribution >= 4 is 12.0 Å². The van der Waals surface area contributed by atoms with Gasteiger partial charge in [0.15, 0.2) is 0 Å². The minimum Gasteiger partial charge on any atom is -0.497 e. The Balaban J connectivity index is 2.22. The number of alkyl halides is 3. The number of hydrogen-bond acceptors (Lipinski definition) is 3. The lowest BCUT2D eigenvalue weighted by Gasteiger charge is -2.35. The van der Waals surface area contributed by atoms with Gasteiger partial charge in [0.1, 0.15) is 5.75 Å². The van der Waals surface area contributed by atoms with E-state index in [1.54, 1.807) is 24.3 Å². The number of ether oxygens (including phenoxy) is 2. The van der Waals surface area contributed by atoms with Crippen molar-refractivity contribution in [3.05, 3.63) is 71.8 Å². The fourth-order valence-corrected chi connectivity index (χ4v) is 2.55. The van der Waals surface area contributed by atoms with Crippen LogP contribution in [0.15, 0.2) is 60.7 Å². The molecule has 0 fully saturated rings. The molecule has 1 N–H and O–H groups in total. The van der Waals surface area contributed by atoms with Gasteiger partial charge in [-0.3, -0.25) is 4.79 Å². The third-order valence-electron chi connectivity index (χ3n) is 4.08. The minimum absolute atomic E-state index is 0.163. The third-order valence-corrected chi connectivity index (χ3v) is 4.08. The number of methoxy groups -OCH3 is 2. The van der Waals surface area contributed by atoms with E-state index in [9.17, 15) is 18.0 Å². The highest BCUT2D eigenvalue weighted by Gasteiger charge is 2.57. The Morgan fingerprint density at radius 3 is 2.37 bits per heavy atom. The topological polar surface area (TPSA) is 47.6 Å². The third kappa shape index (κ3) is 4.89. The van der Waals surface area contributed by atoms with Gasteiger partial charge in [-0.15, -0.1) is 0 Å². The lowest BCUT2D eigenvalue weighted by molar-refractivity contribution is -0.274. The Morgan fingerprint density at radius 2 is 1.78 bits per heavy atom. The lowest BCUT2D eigenvalue weighted by Crippen LogP contribution is -2.52. The van der Waals surface area contributed by atoms with Gasteiger partial charge < -0.3 is 14.8 Å². The van der Waals surface area contributed by atoms with Crippen LogP contribution in [-0.4, -0.2) is 32.8 Å². The monoisotopic (exact) mass is 379 g/mol. The Bertz CT molecular complexity index is 791. The van der Waals surface area contributed by atoms with E-state index in [0.717, 1.165) is 12.7 Å². The molecule has 1 atom stereocenters. The van der Waals surface area contributed by atoms with Crippen molar-refractivity contribution in [3.8, 4) is 5.75 Å². The molecule has 2 aromatic carbocycles. The van der Waals surface area contributed by atoms with Crippen LogP contribution in [0.5, 0.6) is 5.75 Å².